The lowest BCUT2D eigenvalue weighted by molar-refractivity contribution is 0.0756. The van der Waals surface area contributed by atoms with Gasteiger partial charge in [-0.3, -0.25) is 9.80 Å². The van der Waals surface area contributed by atoms with Gasteiger partial charge in [0.25, 0.3) is 0 Å². The third kappa shape index (κ3) is 4.86. The van der Waals surface area contributed by atoms with Gasteiger partial charge in [-0.05, 0) is 35.6 Å². The Morgan fingerprint density at radius 2 is 2.08 bits per heavy atom. The Kier molecular flexibility index (Phi) is 6.56. The van der Waals surface area contributed by atoms with Gasteiger partial charge in [0, 0.05) is 39.3 Å². The zero-order valence-electron chi connectivity index (χ0n) is 15.7. The molecule has 0 aromatic carbocycles. The van der Waals surface area contributed by atoms with Gasteiger partial charge in [0.2, 0.25) is 0 Å². The molecule has 0 aliphatic carbocycles. The van der Waals surface area contributed by atoms with Gasteiger partial charge >= 0.3 is 0 Å². The first-order valence-electron chi connectivity index (χ1n) is 9.62. The molecule has 2 fully saturated rings. The van der Waals surface area contributed by atoms with Crippen LogP contribution in [0, 0.1) is 5.92 Å². The van der Waals surface area contributed by atoms with Gasteiger partial charge in [0.05, 0.1) is 18.7 Å². The molecule has 0 spiro atoms. The SMILES string of the molecule is C=CCN1CCN([C@@H](CC(C)C)c2nnnn2C[C@H]2CCCO2)CC1. The number of ether oxygens (including phenoxy) is 1. The Balaban J connectivity index is 1.70. The van der Waals surface area contributed by atoms with E-state index in [-0.39, 0.29) is 12.1 Å². The van der Waals surface area contributed by atoms with Crippen LogP contribution in [0.5, 0.6) is 0 Å². The van der Waals surface area contributed by atoms with Crippen LogP contribution in [0.4, 0.5) is 0 Å². The van der Waals surface area contributed by atoms with Crippen LogP contribution in [0.25, 0.3) is 0 Å². The first-order valence-corrected chi connectivity index (χ1v) is 9.62. The number of nitrogens with zero attached hydrogens (tertiary/aromatic N) is 6. The Hall–Kier alpha value is -1.31. The summed E-state index contributed by atoms with van der Waals surface area (Å²) in [7, 11) is 0. The first-order chi connectivity index (χ1) is 12.2. The molecule has 2 saturated heterocycles. The number of hydrogen-bond acceptors (Lipinski definition) is 6. The summed E-state index contributed by atoms with van der Waals surface area (Å²) in [4.78, 5) is 5.00. The molecule has 0 saturated carbocycles. The summed E-state index contributed by atoms with van der Waals surface area (Å²) in [6.45, 7) is 15.3. The van der Waals surface area contributed by atoms with Crippen molar-refractivity contribution >= 4 is 0 Å². The summed E-state index contributed by atoms with van der Waals surface area (Å²) in [5.74, 6) is 1.60. The lowest BCUT2D eigenvalue weighted by Gasteiger charge is -2.39. The summed E-state index contributed by atoms with van der Waals surface area (Å²) in [6.07, 6.45) is 5.57. The van der Waals surface area contributed by atoms with Crippen molar-refractivity contribution in [1.29, 1.82) is 0 Å². The lowest BCUT2D eigenvalue weighted by atomic mass is 10.0. The number of rotatable bonds is 8. The van der Waals surface area contributed by atoms with Crippen LogP contribution in [-0.4, -0.2) is 75.4 Å². The molecular weight excluding hydrogens is 316 g/mol. The highest BCUT2D eigenvalue weighted by molar-refractivity contribution is 4.96. The minimum atomic E-state index is 0.256. The van der Waals surface area contributed by atoms with Gasteiger partial charge in [0.15, 0.2) is 5.82 Å². The molecule has 0 unspecified atom stereocenters. The second-order valence-electron chi connectivity index (χ2n) is 7.62. The topological polar surface area (TPSA) is 59.3 Å². The van der Waals surface area contributed by atoms with E-state index in [1.807, 2.05) is 10.8 Å². The lowest BCUT2D eigenvalue weighted by Crippen LogP contribution is -2.48. The first kappa shape index (κ1) is 18.5. The second-order valence-corrected chi connectivity index (χ2v) is 7.62. The summed E-state index contributed by atoms with van der Waals surface area (Å²) in [6, 6.07) is 0.280. The van der Waals surface area contributed by atoms with Gasteiger partial charge in [-0.25, -0.2) is 4.68 Å². The van der Waals surface area contributed by atoms with Crippen LogP contribution in [0.2, 0.25) is 0 Å². The fourth-order valence-electron chi connectivity index (χ4n) is 3.87. The molecule has 0 N–H and O–H groups in total. The Labute approximate surface area is 151 Å². The van der Waals surface area contributed by atoms with Crippen molar-refractivity contribution in [3.8, 4) is 0 Å². The van der Waals surface area contributed by atoms with E-state index in [0.717, 1.165) is 71.0 Å². The number of piperazine rings is 1. The zero-order valence-corrected chi connectivity index (χ0v) is 15.7. The maximum absolute atomic E-state index is 5.78. The van der Waals surface area contributed by atoms with Crippen molar-refractivity contribution in [3.63, 3.8) is 0 Å². The van der Waals surface area contributed by atoms with E-state index in [4.69, 9.17) is 4.74 Å². The normalized spacial score (nSPS) is 24.0. The van der Waals surface area contributed by atoms with E-state index in [1.165, 1.54) is 0 Å². The molecule has 140 valence electrons. The minimum absolute atomic E-state index is 0.256. The zero-order chi connectivity index (χ0) is 17.6. The molecule has 2 atom stereocenters. The molecule has 7 heteroatoms. The molecule has 3 rings (SSSR count). The Morgan fingerprint density at radius 3 is 2.72 bits per heavy atom. The van der Waals surface area contributed by atoms with E-state index in [9.17, 15) is 0 Å². The van der Waals surface area contributed by atoms with Crippen LogP contribution >= 0.6 is 0 Å². The molecule has 25 heavy (non-hydrogen) atoms. The fraction of sp³-hybridized carbons (Fsp3) is 0.833. The monoisotopic (exact) mass is 348 g/mol. The van der Waals surface area contributed by atoms with Crippen molar-refractivity contribution in [3.05, 3.63) is 18.5 Å². The molecule has 1 aromatic heterocycles. The van der Waals surface area contributed by atoms with E-state index in [2.05, 4.69) is 45.8 Å². The van der Waals surface area contributed by atoms with Gasteiger partial charge in [-0.15, -0.1) is 11.7 Å². The predicted octanol–water partition coefficient (Wildman–Crippen LogP) is 1.74. The van der Waals surface area contributed by atoms with E-state index < -0.39 is 0 Å². The molecule has 0 radical (unpaired) electrons. The molecule has 0 amide bonds. The van der Waals surface area contributed by atoms with E-state index in [1.54, 1.807) is 0 Å². The summed E-state index contributed by atoms with van der Waals surface area (Å²) in [5.41, 5.74) is 0. The third-order valence-electron chi connectivity index (χ3n) is 5.19. The maximum Gasteiger partial charge on any atom is 0.168 e. The highest BCUT2D eigenvalue weighted by atomic mass is 16.5. The van der Waals surface area contributed by atoms with Gasteiger partial charge < -0.3 is 4.74 Å². The van der Waals surface area contributed by atoms with Crippen LogP contribution in [0.15, 0.2) is 12.7 Å². The van der Waals surface area contributed by atoms with Crippen molar-refractivity contribution in [1.82, 2.24) is 30.0 Å². The van der Waals surface area contributed by atoms with Crippen molar-refractivity contribution in [2.45, 2.75) is 51.8 Å². The average Bonchev–Trinajstić information content (AvgIpc) is 3.26. The van der Waals surface area contributed by atoms with Crippen molar-refractivity contribution < 1.29 is 4.74 Å². The highest BCUT2D eigenvalue weighted by Crippen LogP contribution is 2.28. The van der Waals surface area contributed by atoms with Gasteiger partial charge in [-0.1, -0.05) is 19.9 Å². The molecule has 3 heterocycles. The minimum Gasteiger partial charge on any atom is -0.376 e. The summed E-state index contributed by atoms with van der Waals surface area (Å²) >= 11 is 0. The second kappa shape index (κ2) is 8.87. The number of hydrogen-bond donors (Lipinski definition) is 0. The molecule has 1 aromatic rings. The Bertz CT molecular complexity index is 531. The third-order valence-corrected chi connectivity index (χ3v) is 5.19. The standard InChI is InChI=1S/C18H32N6O/c1-4-7-22-8-10-23(11-9-22)17(13-15(2)3)18-19-20-21-24(18)14-16-6-5-12-25-16/h4,15-17H,1,5-14H2,2-3H3/t16-,17+/m1/s1. The summed E-state index contributed by atoms with van der Waals surface area (Å²) < 4.78 is 7.77. The highest BCUT2D eigenvalue weighted by Gasteiger charge is 2.30. The van der Waals surface area contributed by atoms with E-state index in [0.29, 0.717) is 5.92 Å². The van der Waals surface area contributed by atoms with Crippen molar-refractivity contribution in [2.75, 3.05) is 39.3 Å². The van der Waals surface area contributed by atoms with Crippen LogP contribution in [-0.2, 0) is 11.3 Å². The van der Waals surface area contributed by atoms with Crippen LogP contribution < -0.4 is 0 Å². The molecular formula is C18H32N6O. The van der Waals surface area contributed by atoms with E-state index >= 15 is 0 Å². The largest absolute Gasteiger partial charge is 0.376 e. The van der Waals surface area contributed by atoms with Crippen LogP contribution in [0.3, 0.4) is 0 Å². The van der Waals surface area contributed by atoms with Gasteiger partial charge in [-0.2, -0.15) is 0 Å². The maximum atomic E-state index is 5.78. The number of aromatic nitrogens is 4. The fourth-order valence-corrected chi connectivity index (χ4v) is 3.87. The van der Waals surface area contributed by atoms with Crippen LogP contribution in [0.1, 0.15) is 45.0 Å². The predicted molar refractivity (Wildman–Crippen MR) is 97.2 cm³/mol. The molecule has 2 aliphatic heterocycles. The van der Waals surface area contributed by atoms with Gasteiger partial charge in [0.1, 0.15) is 0 Å². The average molecular weight is 348 g/mol. The number of tetrazole rings is 1. The molecule has 7 nitrogen and oxygen atoms in total. The molecule has 2 aliphatic rings. The smallest absolute Gasteiger partial charge is 0.168 e. The Morgan fingerprint density at radius 1 is 1.28 bits per heavy atom. The van der Waals surface area contributed by atoms with Crippen molar-refractivity contribution in [2.24, 2.45) is 5.92 Å². The summed E-state index contributed by atoms with van der Waals surface area (Å²) in [5, 5.41) is 12.7. The molecule has 0 bridgehead atoms. The quantitative estimate of drug-likeness (QED) is 0.667.